The summed E-state index contributed by atoms with van der Waals surface area (Å²) in [7, 11) is 0. The third kappa shape index (κ3) is 6.40. The summed E-state index contributed by atoms with van der Waals surface area (Å²) >= 11 is 0. The molecular weight excluding hydrogens is 372 g/mol. The lowest BCUT2D eigenvalue weighted by molar-refractivity contribution is 0.432. The highest BCUT2D eigenvalue weighted by Crippen LogP contribution is 2.16. The van der Waals surface area contributed by atoms with Crippen LogP contribution in [0.1, 0.15) is 32.8 Å². The molecule has 4 nitrogen and oxygen atoms in total. The molecule has 0 saturated heterocycles. The zero-order valence-electron chi connectivity index (χ0n) is 12.1. The first-order valence-electron chi connectivity index (χ1n) is 6.59. The predicted octanol–water partition coefficient (Wildman–Crippen LogP) is 3.00. The number of phenolic OH excluding ortho intramolecular Hbond substituents is 1. The summed E-state index contributed by atoms with van der Waals surface area (Å²) in [4.78, 5) is 4.39. The van der Waals surface area contributed by atoms with Crippen molar-refractivity contribution < 1.29 is 9.50 Å². The second kappa shape index (κ2) is 9.79. The molecule has 0 spiro atoms. The predicted molar refractivity (Wildman–Crippen MR) is 91.2 cm³/mol. The van der Waals surface area contributed by atoms with Crippen LogP contribution in [-0.4, -0.2) is 23.7 Å². The molecule has 0 bridgehead atoms. The van der Waals surface area contributed by atoms with Gasteiger partial charge in [-0.1, -0.05) is 13.0 Å². The maximum atomic E-state index is 13.2. The van der Waals surface area contributed by atoms with Gasteiger partial charge < -0.3 is 15.7 Å². The van der Waals surface area contributed by atoms with E-state index in [2.05, 4.69) is 29.5 Å². The molecule has 0 saturated carbocycles. The number of rotatable bonds is 5. The molecule has 0 aliphatic rings. The molecule has 0 aliphatic heterocycles. The summed E-state index contributed by atoms with van der Waals surface area (Å²) < 4.78 is 13.2. The quantitative estimate of drug-likeness (QED) is 0.408. The van der Waals surface area contributed by atoms with Gasteiger partial charge in [0.05, 0.1) is 6.54 Å². The fourth-order valence-electron chi connectivity index (χ4n) is 1.47. The molecule has 1 rings (SSSR count). The Bertz CT molecular complexity index is 440. The van der Waals surface area contributed by atoms with E-state index < -0.39 is 5.82 Å². The van der Waals surface area contributed by atoms with Crippen molar-refractivity contribution in [3.05, 3.63) is 29.6 Å². The van der Waals surface area contributed by atoms with Gasteiger partial charge in [-0.3, -0.25) is 0 Å². The Hall–Kier alpha value is -1.05. The summed E-state index contributed by atoms with van der Waals surface area (Å²) in [5.74, 6) is -0.240. The summed E-state index contributed by atoms with van der Waals surface area (Å²) in [6, 6.07) is 4.63. The van der Waals surface area contributed by atoms with E-state index in [1.165, 1.54) is 12.1 Å². The van der Waals surface area contributed by atoms with E-state index in [4.69, 9.17) is 5.11 Å². The van der Waals surface area contributed by atoms with Crippen LogP contribution < -0.4 is 10.6 Å². The number of hydrogen-bond acceptors (Lipinski definition) is 2. The number of aromatic hydroxyl groups is 1. The number of aliphatic imine (C=N–C) groups is 1. The standard InChI is InChI=1S/C14H22FN3O.HI/c1-4-10(3)18-14(16-5-2)17-9-11-6-7-13(19)12(15)8-11;/h6-8,10,19H,4-5,9H2,1-3H3,(H2,16,17,18);1H. The number of guanidine groups is 1. The van der Waals surface area contributed by atoms with E-state index >= 15 is 0 Å². The van der Waals surface area contributed by atoms with Crippen molar-refractivity contribution >= 4 is 29.9 Å². The smallest absolute Gasteiger partial charge is 0.191 e. The highest BCUT2D eigenvalue weighted by molar-refractivity contribution is 14.0. The highest BCUT2D eigenvalue weighted by atomic mass is 127. The van der Waals surface area contributed by atoms with E-state index in [9.17, 15) is 4.39 Å². The maximum absolute atomic E-state index is 13.2. The van der Waals surface area contributed by atoms with Crippen molar-refractivity contribution in [1.82, 2.24) is 10.6 Å². The van der Waals surface area contributed by atoms with Crippen LogP contribution in [0.5, 0.6) is 5.75 Å². The minimum atomic E-state index is -0.618. The normalized spacial score (nSPS) is 12.5. The average Bonchev–Trinajstić information content (AvgIpc) is 2.40. The topological polar surface area (TPSA) is 56.7 Å². The first-order chi connectivity index (χ1) is 9.06. The molecule has 0 amide bonds. The van der Waals surface area contributed by atoms with Gasteiger partial charge in [0.1, 0.15) is 0 Å². The fraction of sp³-hybridized carbons (Fsp3) is 0.500. The molecule has 0 heterocycles. The van der Waals surface area contributed by atoms with E-state index in [0.29, 0.717) is 18.5 Å². The molecule has 1 unspecified atom stereocenters. The Morgan fingerprint density at radius 3 is 2.65 bits per heavy atom. The van der Waals surface area contributed by atoms with Gasteiger partial charge in [-0.05, 0) is 38.0 Å². The molecule has 6 heteroatoms. The van der Waals surface area contributed by atoms with Gasteiger partial charge in [-0.2, -0.15) is 0 Å². The summed E-state index contributed by atoms with van der Waals surface area (Å²) in [6.07, 6.45) is 0.998. The van der Waals surface area contributed by atoms with Gasteiger partial charge >= 0.3 is 0 Å². The number of benzene rings is 1. The van der Waals surface area contributed by atoms with Crippen LogP contribution in [0.4, 0.5) is 4.39 Å². The maximum Gasteiger partial charge on any atom is 0.191 e. The van der Waals surface area contributed by atoms with Gasteiger partial charge in [-0.15, -0.1) is 24.0 Å². The van der Waals surface area contributed by atoms with Crippen LogP contribution in [0, 0.1) is 5.82 Å². The second-order valence-corrected chi connectivity index (χ2v) is 4.43. The number of nitrogens with zero attached hydrogens (tertiary/aromatic N) is 1. The van der Waals surface area contributed by atoms with Crippen molar-refractivity contribution in [1.29, 1.82) is 0 Å². The Morgan fingerprint density at radius 2 is 2.10 bits per heavy atom. The third-order valence-electron chi connectivity index (χ3n) is 2.77. The molecule has 1 aromatic carbocycles. The summed E-state index contributed by atoms with van der Waals surface area (Å²) in [6.45, 7) is 7.30. The number of nitrogens with one attached hydrogen (secondary N) is 2. The molecule has 1 aromatic rings. The number of halogens is 2. The zero-order chi connectivity index (χ0) is 14.3. The molecule has 3 N–H and O–H groups in total. The van der Waals surface area contributed by atoms with Crippen molar-refractivity contribution in [3.63, 3.8) is 0 Å². The van der Waals surface area contributed by atoms with Gasteiger partial charge in [0.15, 0.2) is 17.5 Å². The van der Waals surface area contributed by atoms with Crippen LogP contribution in [0.3, 0.4) is 0 Å². The van der Waals surface area contributed by atoms with E-state index in [0.717, 1.165) is 18.5 Å². The fourth-order valence-corrected chi connectivity index (χ4v) is 1.47. The summed E-state index contributed by atoms with van der Waals surface area (Å²) in [5.41, 5.74) is 0.719. The highest BCUT2D eigenvalue weighted by Gasteiger charge is 2.04. The monoisotopic (exact) mass is 395 g/mol. The Kier molecular flexibility index (Phi) is 9.28. The van der Waals surface area contributed by atoms with Gasteiger partial charge in [-0.25, -0.2) is 9.38 Å². The minimum Gasteiger partial charge on any atom is -0.505 e. The molecule has 1 atom stereocenters. The van der Waals surface area contributed by atoms with Gasteiger partial charge in [0, 0.05) is 12.6 Å². The molecule has 0 aromatic heterocycles. The zero-order valence-corrected chi connectivity index (χ0v) is 14.4. The van der Waals surface area contributed by atoms with E-state index in [1.54, 1.807) is 6.07 Å². The lowest BCUT2D eigenvalue weighted by Gasteiger charge is -2.16. The molecule has 0 radical (unpaired) electrons. The van der Waals surface area contributed by atoms with Gasteiger partial charge in [0.2, 0.25) is 0 Å². The molecule has 0 aliphatic carbocycles. The largest absolute Gasteiger partial charge is 0.505 e. The van der Waals surface area contributed by atoms with Crippen LogP contribution >= 0.6 is 24.0 Å². The molecular formula is C14H23FIN3O. The third-order valence-corrected chi connectivity index (χ3v) is 2.77. The Morgan fingerprint density at radius 1 is 1.40 bits per heavy atom. The Balaban J connectivity index is 0.00000361. The van der Waals surface area contributed by atoms with Crippen LogP contribution in [0.2, 0.25) is 0 Å². The average molecular weight is 395 g/mol. The van der Waals surface area contributed by atoms with E-state index in [-0.39, 0.29) is 29.7 Å². The molecule has 114 valence electrons. The SMILES string of the molecule is CCNC(=NCc1ccc(O)c(F)c1)NC(C)CC.I. The Labute approximate surface area is 136 Å². The van der Waals surface area contributed by atoms with Crippen molar-refractivity contribution in [3.8, 4) is 5.75 Å². The van der Waals surface area contributed by atoms with Crippen LogP contribution in [0.25, 0.3) is 0 Å². The van der Waals surface area contributed by atoms with E-state index in [1.807, 2.05) is 6.92 Å². The lowest BCUT2D eigenvalue weighted by Crippen LogP contribution is -2.41. The number of hydrogen-bond donors (Lipinski definition) is 3. The second-order valence-electron chi connectivity index (χ2n) is 4.43. The number of phenols is 1. The first kappa shape index (κ1) is 18.9. The van der Waals surface area contributed by atoms with Crippen LogP contribution in [-0.2, 0) is 6.54 Å². The van der Waals surface area contributed by atoms with Crippen molar-refractivity contribution in [2.75, 3.05) is 6.54 Å². The van der Waals surface area contributed by atoms with Crippen molar-refractivity contribution in [2.24, 2.45) is 4.99 Å². The van der Waals surface area contributed by atoms with Gasteiger partial charge in [0.25, 0.3) is 0 Å². The first-order valence-corrected chi connectivity index (χ1v) is 6.59. The summed E-state index contributed by atoms with van der Waals surface area (Å²) in [5, 5.41) is 15.5. The lowest BCUT2D eigenvalue weighted by atomic mass is 10.2. The minimum absolute atomic E-state index is 0. The molecule has 0 fully saturated rings. The van der Waals surface area contributed by atoms with Crippen molar-refractivity contribution in [2.45, 2.75) is 39.8 Å². The van der Waals surface area contributed by atoms with Crippen LogP contribution in [0.15, 0.2) is 23.2 Å². The molecule has 20 heavy (non-hydrogen) atoms.